The SMILES string of the molecule is O=S(=O)(Nc1cccc(Cl)c1N1CCOCC1)c1ccc(F)cc1. The van der Waals surface area contributed by atoms with Gasteiger partial charge >= 0.3 is 0 Å². The molecular weight excluding hydrogens is 355 g/mol. The number of ether oxygens (including phenoxy) is 1. The van der Waals surface area contributed by atoms with E-state index in [1.165, 1.54) is 12.1 Å². The van der Waals surface area contributed by atoms with Crippen molar-refractivity contribution in [2.45, 2.75) is 4.90 Å². The summed E-state index contributed by atoms with van der Waals surface area (Å²) in [5, 5.41) is 0.455. The van der Waals surface area contributed by atoms with E-state index in [4.69, 9.17) is 16.3 Å². The molecule has 1 saturated heterocycles. The van der Waals surface area contributed by atoms with E-state index in [1.54, 1.807) is 18.2 Å². The summed E-state index contributed by atoms with van der Waals surface area (Å²) in [4.78, 5) is 1.96. The van der Waals surface area contributed by atoms with Gasteiger partial charge in [-0.3, -0.25) is 4.72 Å². The van der Waals surface area contributed by atoms with Crippen LogP contribution >= 0.6 is 11.6 Å². The molecule has 0 spiro atoms. The zero-order valence-electron chi connectivity index (χ0n) is 12.7. The van der Waals surface area contributed by atoms with Crippen molar-refractivity contribution in [2.24, 2.45) is 0 Å². The zero-order chi connectivity index (χ0) is 17.2. The Morgan fingerprint density at radius 1 is 1.08 bits per heavy atom. The Morgan fingerprint density at radius 2 is 1.75 bits per heavy atom. The number of hydrogen-bond acceptors (Lipinski definition) is 4. The molecule has 3 rings (SSSR count). The highest BCUT2D eigenvalue weighted by atomic mass is 35.5. The Hall–Kier alpha value is -1.83. The van der Waals surface area contributed by atoms with Crippen molar-refractivity contribution in [3.63, 3.8) is 0 Å². The van der Waals surface area contributed by atoms with Gasteiger partial charge in [-0.25, -0.2) is 12.8 Å². The molecule has 1 aliphatic rings. The Bertz CT molecular complexity index is 822. The van der Waals surface area contributed by atoms with Gasteiger partial charge < -0.3 is 9.64 Å². The number of halogens is 2. The van der Waals surface area contributed by atoms with Crippen LogP contribution in [0.15, 0.2) is 47.4 Å². The van der Waals surface area contributed by atoms with Gasteiger partial charge in [-0.2, -0.15) is 0 Å². The number of nitrogens with one attached hydrogen (secondary N) is 1. The average Bonchev–Trinajstić information content (AvgIpc) is 2.56. The lowest BCUT2D eigenvalue weighted by Crippen LogP contribution is -2.37. The molecule has 1 aliphatic heterocycles. The van der Waals surface area contributed by atoms with E-state index >= 15 is 0 Å². The number of morpholine rings is 1. The van der Waals surface area contributed by atoms with Gasteiger partial charge in [-0.15, -0.1) is 0 Å². The second-order valence-corrected chi connectivity index (χ2v) is 7.38. The van der Waals surface area contributed by atoms with Gasteiger partial charge in [0.25, 0.3) is 10.0 Å². The van der Waals surface area contributed by atoms with E-state index in [9.17, 15) is 12.8 Å². The van der Waals surface area contributed by atoms with E-state index in [1.807, 2.05) is 4.90 Å². The highest BCUT2D eigenvalue weighted by molar-refractivity contribution is 7.92. The van der Waals surface area contributed by atoms with Crippen LogP contribution in [0, 0.1) is 5.82 Å². The maximum atomic E-state index is 13.0. The molecular formula is C16H16ClFN2O3S. The Labute approximate surface area is 145 Å². The number of nitrogens with zero attached hydrogens (tertiary/aromatic N) is 1. The summed E-state index contributed by atoms with van der Waals surface area (Å²) in [6.07, 6.45) is 0. The van der Waals surface area contributed by atoms with Gasteiger partial charge in [0, 0.05) is 13.1 Å². The number of rotatable bonds is 4. The number of hydrogen-bond donors (Lipinski definition) is 1. The van der Waals surface area contributed by atoms with Gasteiger partial charge in [-0.05, 0) is 36.4 Å². The monoisotopic (exact) mass is 370 g/mol. The maximum absolute atomic E-state index is 13.0. The number of benzene rings is 2. The third-order valence-corrected chi connectivity index (χ3v) is 5.37. The summed E-state index contributed by atoms with van der Waals surface area (Å²) in [5.74, 6) is -0.495. The van der Waals surface area contributed by atoms with Crippen molar-refractivity contribution < 1.29 is 17.5 Å². The molecule has 0 bridgehead atoms. The molecule has 0 atom stereocenters. The highest BCUT2D eigenvalue weighted by Gasteiger charge is 2.22. The fourth-order valence-electron chi connectivity index (χ4n) is 2.52. The predicted octanol–water partition coefficient (Wildman–Crippen LogP) is 3.12. The largest absolute Gasteiger partial charge is 0.378 e. The van der Waals surface area contributed by atoms with Gasteiger partial charge in [-0.1, -0.05) is 17.7 Å². The molecule has 0 saturated carbocycles. The van der Waals surface area contributed by atoms with E-state index in [0.717, 1.165) is 12.1 Å². The van der Waals surface area contributed by atoms with Crippen LogP contribution < -0.4 is 9.62 Å². The number of para-hydroxylation sites is 1. The molecule has 8 heteroatoms. The first-order valence-corrected chi connectivity index (χ1v) is 9.23. The molecule has 0 radical (unpaired) electrons. The van der Waals surface area contributed by atoms with Crippen LogP contribution in [0.5, 0.6) is 0 Å². The minimum Gasteiger partial charge on any atom is -0.378 e. The van der Waals surface area contributed by atoms with Crippen LogP contribution in [-0.2, 0) is 14.8 Å². The van der Waals surface area contributed by atoms with Crippen molar-refractivity contribution in [3.05, 3.63) is 53.3 Å². The fourth-order valence-corrected chi connectivity index (χ4v) is 3.88. The second-order valence-electron chi connectivity index (χ2n) is 5.29. The summed E-state index contributed by atoms with van der Waals surface area (Å²) in [7, 11) is -3.84. The Kier molecular flexibility index (Phi) is 4.93. The maximum Gasteiger partial charge on any atom is 0.261 e. The molecule has 0 unspecified atom stereocenters. The normalized spacial score (nSPS) is 15.3. The standard InChI is InChI=1S/C16H16ClFN2O3S/c17-14-2-1-3-15(16(14)20-8-10-23-11-9-20)19-24(21,22)13-6-4-12(18)5-7-13/h1-7,19H,8-11H2. The van der Waals surface area contributed by atoms with E-state index in [-0.39, 0.29) is 4.90 Å². The smallest absolute Gasteiger partial charge is 0.261 e. The molecule has 1 heterocycles. The summed E-state index contributed by atoms with van der Waals surface area (Å²) in [6, 6.07) is 9.69. The van der Waals surface area contributed by atoms with Crippen molar-refractivity contribution in [1.82, 2.24) is 0 Å². The molecule has 0 aliphatic carbocycles. The van der Waals surface area contributed by atoms with Gasteiger partial charge in [0.1, 0.15) is 5.82 Å². The average molecular weight is 371 g/mol. The minimum atomic E-state index is -3.84. The van der Waals surface area contributed by atoms with Crippen LogP contribution in [0.25, 0.3) is 0 Å². The van der Waals surface area contributed by atoms with Crippen molar-refractivity contribution >= 4 is 33.0 Å². The number of anilines is 2. The zero-order valence-corrected chi connectivity index (χ0v) is 14.3. The molecule has 2 aromatic rings. The molecule has 0 aromatic heterocycles. The highest BCUT2D eigenvalue weighted by Crippen LogP contribution is 2.35. The van der Waals surface area contributed by atoms with Crippen molar-refractivity contribution in [3.8, 4) is 0 Å². The van der Waals surface area contributed by atoms with Gasteiger partial charge in [0.2, 0.25) is 0 Å². The quantitative estimate of drug-likeness (QED) is 0.898. The van der Waals surface area contributed by atoms with E-state index in [2.05, 4.69) is 4.72 Å². The lowest BCUT2D eigenvalue weighted by Gasteiger charge is -2.31. The first kappa shape index (κ1) is 17.0. The lowest BCUT2D eigenvalue weighted by molar-refractivity contribution is 0.123. The summed E-state index contributed by atoms with van der Waals surface area (Å²) in [5.41, 5.74) is 1.00. The van der Waals surface area contributed by atoms with E-state index in [0.29, 0.717) is 42.7 Å². The van der Waals surface area contributed by atoms with E-state index < -0.39 is 15.8 Å². The molecule has 2 aromatic carbocycles. The van der Waals surface area contributed by atoms with Gasteiger partial charge in [0.15, 0.2) is 0 Å². The summed E-state index contributed by atoms with van der Waals surface area (Å²) in [6.45, 7) is 2.34. The molecule has 0 amide bonds. The van der Waals surface area contributed by atoms with Crippen LogP contribution in [0.1, 0.15) is 0 Å². The lowest BCUT2D eigenvalue weighted by atomic mass is 10.2. The molecule has 1 N–H and O–H groups in total. The fraction of sp³-hybridized carbons (Fsp3) is 0.250. The summed E-state index contributed by atoms with van der Waals surface area (Å²) >= 11 is 6.29. The Balaban J connectivity index is 1.94. The van der Waals surface area contributed by atoms with Crippen LogP contribution in [0.3, 0.4) is 0 Å². The van der Waals surface area contributed by atoms with Crippen LogP contribution in [0.2, 0.25) is 5.02 Å². The third kappa shape index (κ3) is 3.63. The van der Waals surface area contributed by atoms with Gasteiger partial charge in [0.05, 0.1) is 34.5 Å². The predicted molar refractivity (Wildman–Crippen MR) is 91.7 cm³/mol. The van der Waals surface area contributed by atoms with Crippen molar-refractivity contribution in [1.29, 1.82) is 0 Å². The first-order valence-electron chi connectivity index (χ1n) is 7.37. The second kappa shape index (κ2) is 6.96. The van der Waals surface area contributed by atoms with Crippen LogP contribution in [-0.4, -0.2) is 34.7 Å². The minimum absolute atomic E-state index is 0.0168. The molecule has 24 heavy (non-hydrogen) atoms. The molecule has 1 fully saturated rings. The first-order chi connectivity index (χ1) is 11.5. The van der Waals surface area contributed by atoms with Crippen molar-refractivity contribution in [2.75, 3.05) is 35.9 Å². The third-order valence-electron chi connectivity index (χ3n) is 3.68. The number of sulfonamides is 1. The van der Waals surface area contributed by atoms with Crippen LogP contribution in [0.4, 0.5) is 15.8 Å². The molecule has 128 valence electrons. The Morgan fingerprint density at radius 3 is 2.42 bits per heavy atom. The summed E-state index contributed by atoms with van der Waals surface area (Å²) < 4.78 is 46.0. The molecule has 5 nitrogen and oxygen atoms in total. The topological polar surface area (TPSA) is 58.6 Å².